The van der Waals surface area contributed by atoms with Crippen LogP contribution in [0.5, 0.6) is 11.8 Å². The van der Waals surface area contributed by atoms with E-state index in [4.69, 9.17) is 19.7 Å². The number of benzene rings is 2. The van der Waals surface area contributed by atoms with E-state index < -0.39 is 11.6 Å². The number of aryl methyl sites for hydroxylation is 1. The molecule has 0 radical (unpaired) electrons. The number of anilines is 1. The highest BCUT2D eigenvalue weighted by Gasteiger charge is 2.45. The number of halogens is 3. The Hall–Kier alpha value is -3.70. The van der Waals surface area contributed by atoms with Crippen LogP contribution in [-0.4, -0.2) is 75.9 Å². The van der Waals surface area contributed by atoms with E-state index in [0.29, 0.717) is 45.4 Å². The van der Waals surface area contributed by atoms with E-state index in [2.05, 4.69) is 22.0 Å². The maximum absolute atomic E-state index is 17.0. The SMILES string of the molecule is C.CC.CC.Cc1c(F)ccc2cc(O)cc(-c3nc4c5c(nc(OCC67CCCN6CCC7)nc5c3F)N3CCNC[C@H]3C[C@@H]4C)c12.F. The van der Waals surface area contributed by atoms with Crippen molar-refractivity contribution < 1.29 is 23.3 Å². The van der Waals surface area contributed by atoms with Gasteiger partial charge < -0.3 is 20.1 Å². The first-order valence-electron chi connectivity index (χ1n) is 17.5. The van der Waals surface area contributed by atoms with Gasteiger partial charge in [-0.2, -0.15) is 9.97 Å². The minimum Gasteiger partial charge on any atom is -0.508 e. The summed E-state index contributed by atoms with van der Waals surface area (Å²) in [5, 5.41) is 15.9. The number of pyridine rings is 1. The van der Waals surface area contributed by atoms with Crippen molar-refractivity contribution in [2.24, 2.45) is 0 Å². The average Bonchev–Trinajstić information content (AvgIpc) is 3.65. The normalized spacial score (nSPS) is 20.4. The second kappa shape index (κ2) is 15.5. The van der Waals surface area contributed by atoms with E-state index in [1.54, 1.807) is 19.1 Å². The van der Waals surface area contributed by atoms with Gasteiger partial charge in [0.1, 0.15) is 35.2 Å². The maximum Gasteiger partial charge on any atom is 0.319 e. The van der Waals surface area contributed by atoms with Crippen molar-refractivity contribution in [2.45, 2.75) is 98.6 Å². The van der Waals surface area contributed by atoms with Crippen LogP contribution in [0.2, 0.25) is 0 Å². The molecule has 0 saturated carbocycles. The number of fused-ring (bicyclic) bond motifs is 4. The van der Waals surface area contributed by atoms with Crippen LogP contribution in [0.1, 0.15) is 91.3 Å². The number of aromatic nitrogens is 3. The van der Waals surface area contributed by atoms with Crippen LogP contribution in [0.3, 0.4) is 0 Å². The predicted octanol–water partition coefficient (Wildman–Crippen LogP) is 8.27. The van der Waals surface area contributed by atoms with Crippen LogP contribution in [0.4, 0.5) is 19.3 Å². The zero-order valence-corrected chi connectivity index (χ0v) is 29.0. The van der Waals surface area contributed by atoms with Gasteiger partial charge in [-0.05, 0) is 86.7 Å². The molecule has 8 rings (SSSR count). The van der Waals surface area contributed by atoms with Crippen molar-refractivity contribution in [3.05, 3.63) is 47.2 Å². The molecule has 2 N–H and O–H groups in total. The molecule has 268 valence electrons. The molecule has 0 bridgehead atoms. The number of hydrogen-bond acceptors (Lipinski definition) is 8. The molecule has 0 spiro atoms. The second-order valence-electron chi connectivity index (χ2n) is 12.9. The molecule has 2 aromatic carbocycles. The molecule has 3 fully saturated rings. The molecule has 3 saturated heterocycles. The predicted molar refractivity (Wildman–Crippen MR) is 194 cm³/mol. The molecule has 0 amide bonds. The molecule has 4 aliphatic heterocycles. The van der Waals surface area contributed by atoms with Gasteiger partial charge in [0.25, 0.3) is 0 Å². The molecule has 11 heteroatoms. The van der Waals surface area contributed by atoms with Gasteiger partial charge in [0.05, 0.1) is 16.6 Å². The van der Waals surface area contributed by atoms with Crippen LogP contribution in [0, 0.1) is 18.6 Å². The number of piperazine rings is 1. The molecule has 0 unspecified atom stereocenters. The monoisotopic (exact) mass is 682 g/mol. The molecule has 4 aromatic rings. The molecule has 2 aromatic heterocycles. The van der Waals surface area contributed by atoms with Crippen molar-refractivity contribution in [1.29, 1.82) is 0 Å². The van der Waals surface area contributed by atoms with E-state index in [-0.39, 0.29) is 52.6 Å². The van der Waals surface area contributed by atoms with E-state index >= 15 is 4.39 Å². The second-order valence-corrected chi connectivity index (χ2v) is 12.9. The van der Waals surface area contributed by atoms with Gasteiger partial charge in [-0.25, -0.2) is 13.8 Å². The maximum atomic E-state index is 17.0. The average molecular weight is 683 g/mol. The van der Waals surface area contributed by atoms with E-state index in [9.17, 15) is 9.50 Å². The van der Waals surface area contributed by atoms with Crippen LogP contribution in [0.25, 0.3) is 32.9 Å². The highest BCUT2D eigenvalue weighted by atomic mass is 19.1. The third-order valence-electron chi connectivity index (χ3n) is 10.3. The Labute approximate surface area is 288 Å². The number of nitrogens with zero attached hydrogens (tertiary/aromatic N) is 5. The first-order chi connectivity index (χ1) is 22.8. The molecule has 6 heterocycles. The van der Waals surface area contributed by atoms with E-state index in [1.807, 2.05) is 27.7 Å². The van der Waals surface area contributed by atoms with Crippen LogP contribution in [0.15, 0.2) is 24.3 Å². The summed E-state index contributed by atoms with van der Waals surface area (Å²) in [5.74, 6) is -0.411. The summed E-state index contributed by atoms with van der Waals surface area (Å²) in [7, 11) is 0. The van der Waals surface area contributed by atoms with Crippen molar-refractivity contribution in [3.63, 3.8) is 0 Å². The van der Waals surface area contributed by atoms with E-state index in [0.717, 1.165) is 64.8 Å². The Bertz CT molecular complexity index is 1780. The fourth-order valence-corrected chi connectivity index (χ4v) is 8.19. The lowest BCUT2D eigenvalue weighted by atomic mass is 9.93. The molecule has 4 aliphatic rings. The third-order valence-corrected chi connectivity index (χ3v) is 10.3. The van der Waals surface area contributed by atoms with Gasteiger partial charge >= 0.3 is 6.01 Å². The molecular weight excluding hydrogens is 629 g/mol. The van der Waals surface area contributed by atoms with Crippen molar-refractivity contribution in [2.75, 3.05) is 44.2 Å². The lowest BCUT2D eigenvalue weighted by Crippen LogP contribution is -2.51. The quantitative estimate of drug-likeness (QED) is 0.223. The number of ether oxygens (including phenoxy) is 1. The molecule has 2 atom stereocenters. The Kier molecular flexibility index (Phi) is 12.0. The molecule has 8 nitrogen and oxygen atoms in total. The van der Waals surface area contributed by atoms with Gasteiger partial charge in [0, 0.05) is 37.2 Å². The summed E-state index contributed by atoms with van der Waals surface area (Å²) in [5.41, 5.74) is 1.63. The number of phenols is 1. The van der Waals surface area contributed by atoms with Crippen LogP contribution in [-0.2, 0) is 0 Å². The lowest BCUT2D eigenvalue weighted by Gasteiger charge is -2.37. The molecule has 49 heavy (non-hydrogen) atoms. The summed E-state index contributed by atoms with van der Waals surface area (Å²) in [6, 6.07) is 6.33. The van der Waals surface area contributed by atoms with Crippen molar-refractivity contribution >= 4 is 27.5 Å². The molecular formula is C38H53F3N6O2. The summed E-state index contributed by atoms with van der Waals surface area (Å²) >= 11 is 0. The standard InChI is InChI=1S/C33H36F2N6O2.2C2H6.CH4.FH/c1-18-13-21-16-36-9-12-41(21)31-26-28(18)37-29(23-15-22(42)14-20-5-6-24(34)19(2)25(20)23)27(35)30(26)38-32(39-31)43-17-33-7-3-10-40(33)11-4-8-33;2*1-2;;/h5-6,14-15,18,21,36,42H,3-4,7-13,16-17H2,1-2H3;2*1-2H3;1H4;1H/t18-,21+;;;;/m0..../s1. The smallest absolute Gasteiger partial charge is 0.319 e. The highest BCUT2D eigenvalue weighted by Crippen LogP contribution is 2.45. The van der Waals surface area contributed by atoms with Gasteiger partial charge in [-0.3, -0.25) is 9.60 Å². The summed E-state index contributed by atoms with van der Waals surface area (Å²) in [4.78, 5) is 19.5. The number of rotatable bonds is 4. The fourth-order valence-electron chi connectivity index (χ4n) is 8.19. The number of hydrogen-bond donors (Lipinski definition) is 2. The minimum atomic E-state index is -0.620. The zero-order chi connectivity index (χ0) is 33.5. The summed E-state index contributed by atoms with van der Waals surface area (Å²) < 4.78 is 38.2. The summed E-state index contributed by atoms with van der Waals surface area (Å²) in [6.07, 6.45) is 5.27. The fraction of sp³-hybridized carbons (Fsp3) is 0.553. The van der Waals surface area contributed by atoms with Gasteiger partial charge in [0.2, 0.25) is 0 Å². The Balaban J connectivity index is 0.000000871. The highest BCUT2D eigenvalue weighted by molar-refractivity contribution is 6.02. The van der Waals surface area contributed by atoms with E-state index in [1.165, 1.54) is 12.1 Å². The topological polar surface area (TPSA) is 86.6 Å². The Morgan fingerprint density at radius 3 is 2.43 bits per heavy atom. The minimum absolute atomic E-state index is 0. The zero-order valence-electron chi connectivity index (χ0n) is 29.0. The van der Waals surface area contributed by atoms with Gasteiger partial charge in [0.15, 0.2) is 5.82 Å². The third kappa shape index (κ3) is 6.52. The lowest BCUT2D eigenvalue weighted by molar-refractivity contribution is 0.108. The van der Waals surface area contributed by atoms with Crippen LogP contribution >= 0.6 is 0 Å². The van der Waals surface area contributed by atoms with Crippen LogP contribution < -0.4 is 15.0 Å². The molecule has 0 aliphatic carbocycles. The number of aromatic hydroxyl groups is 1. The van der Waals surface area contributed by atoms with Gasteiger partial charge in [-0.15, -0.1) is 0 Å². The van der Waals surface area contributed by atoms with Crippen molar-refractivity contribution in [3.8, 4) is 23.0 Å². The largest absolute Gasteiger partial charge is 0.508 e. The summed E-state index contributed by atoms with van der Waals surface area (Å²) in [6.45, 7) is 16.7. The Morgan fingerprint density at radius 1 is 1.00 bits per heavy atom. The first-order valence-corrected chi connectivity index (χ1v) is 17.5. The number of nitrogens with one attached hydrogen (secondary N) is 1. The first kappa shape index (κ1) is 38.1. The number of phenolic OH excluding ortho intramolecular Hbond substituents is 1. The van der Waals surface area contributed by atoms with Crippen molar-refractivity contribution in [1.82, 2.24) is 25.2 Å². The van der Waals surface area contributed by atoms with Gasteiger partial charge in [-0.1, -0.05) is 48.1 Å². The Morgan fingerprint density at radius 2 is 1.71 bits per heavy atom.